The van der Waals surface area contributed by atoms with E-state index >= 15 is 0 Å². The van der Waals surface area contributed by atoms with E-state index in [1.807, 2.05) is 38.1 Å². The van der Waals surface area contributed by atoms with Crippen LogP contribution >= 0.6 is 11.6 Å². The van der Waals surface area contributed by atoms with E-state index in [0.717, 1.165) is 18.7 Å². The Morgan fingerprint density at radius 1 is 1.07 bits per heavy atom. The van der Waals surface area contributed by atoms with Crippen LogP contribution in [-0.2, 0) is 10.0 Å². The van der Waals surface area contributed by atoms with Gasteiger partial charge in [0.2, 0.25) is 10.0 Å². The first-order valence-corrected chi connectivity index (χ1v) is 11.2. The number of halogens is 1. The molecule has 0 bridgehead atoms. The molecule has 0 radical (unpaired) electrons. The van der Waals surface area contributed by atoms with E-state index in [9.17, 15) is 8.42 Å². The first-order valence-electron chi connectivity index (χ1n) is 9.34. The number of likely N-dealkylation sites (N-methyl/N-ethyl adjacent to an activating group) is 1. The van der Waals surface area contributed by atoms with Gasteiger partial charge in [0.25, 0.3) is 0 Å². The summed E-state index contributed by atoms with van der Waals surface area (Å²) in [5.41, 5.74) is 0.901. The number of sulfonamides is 1. The van der Waals surface area contributed by atoms with Crippen molar-refractivity contribution in [2.24, 2.45) is 0 Å². The molecular weight excluding hydrogens is 400 g/mol. The van der Waals surface area contributed by atoms with E-state index < -0.39 is 10.0 Å². The van der Waals surface area contributed by atoms with Crippen LogP contribution in [0.2, 0.25) is 5.02 Å². The lowest BCUT2D eigenvalue weighted by atomic mass is 10.1. The summed E-state index contributed by atoms with van der Waals surface area (Å²) in [4.78, 5) is 2.32. The maximum Gasteiger partial charge on any atom is 0.240 e. The molecule has 0 aliphatic carbocycles. The molecule has 6 nitrogen and oxygen atoms in total. The first-order chi connectivity index (χ1) is 13.5. The van der Waals surface area contributed by atoms with Crippen LogP contribution in [0.4, 0.5) is 0 Å². The van der Waals surface area contributed by atoms with Gasteiger partial charge >= 0.3 is 0 Å². The van der Waals surface area contributed by atoms with Gasteiger partial charge < -0.3 is 9.47 Å². The van der Waals surface area contributed by atoms with Gasteiger partial charge in [0.1, 0.15) is 13.2 Å². The minimum absolute atomic E-state index is 0.147. The van der Waals surface area contributed by atoms with Crippen LogP contribution in [0.5, 0.6) is 11.5 Å². The van der Waals surface area contributed by atoms with E-state index in [2.05, 4.69) is 9.62 Å². The zero-order valence-electron chi connectivity index (χ0n) is 16.0. The predicted molar refractivity (Wildman–Crippen MR) is 110 cm³/mol. The van der Waals surface area contributed by atoms with Crippen molar-refractivity contribution in [1.29, 1.82) is 0 Å². The zero-order valence-corrected chi connectivity index (χ0v) is 17.6. The van der Waals surface area contributed by atoms with Crippen molar-refractivity contribution in [3.8, 4) is 11.5 Å². The Labute approximate surface area is 171 Å². The van der Waals surface area contributed by atoms with Crippen molar-refractivity contribution < 1.29 is 17.9 Å². The lowest BCUT2D eigenvalue weighted by Crippen LogP contribution is -2.38. The van der Waals surface area contributed by atoms with E-state index in [1.165, 1.54) is 12.1 Å². The molecule has 1 heterocycles. The standard InChI is InChI=1S/C20H25ClN2O4S/c1-3-23(4-2)18(16-7-5-6-8-17(16)21)14-22-28(24,25)15-9-10-19-20(13-15)27-12-11-26-19/h5-10,13,18,22H,3-4,11-12,14H2,1-2H3/t18-/m0/s1. The van der Waals surface area contributed by atoms with Crippen LogP contribution in [-0.4, -0.2) is 46.2 Å². The Morgan fingerprint density at radius 2 is 1.75 bits per heavy atom. The lowest BCUT2D eigenvalue weighted by molar-refractivity contribution is 0.171. The lowest BCUT2D eigenvalue weighted by Gasteiger charge is -2.31. The van der Waals surface area contributed by atoms with E-state index in [-0.39, 0.29) is 17.5 Å². The van der Waals surface area contributed by atoms with E-state index in [1.54, 1.807) is 6.07 Å². The molecule has 0 unspecified atom stereocenters. The highest BCUT2D eigenvalue weighted by molar-refractivity contribution is 7.89. The molecule has 0 saturated carbocycles. The SMILES string of the molecule is CCN(CC)[C@@H](CNS(=O)(=O)c1ccc2c(c1)OCCO2)c1ccccc1Cl. The second kappa shape index (κ2) is 9.13. The van der Waals surface area contributed by atoms with Gasteiger partial charge in [-0.3, -0.25) is 4.90 Å². The molecule has 3 rings (SSSR count). The molecule has 1 atom stereocenters. The van der Waals surface area contributed by atoms with Gasteiger partial charge in [0.05, 0.1) is 4.90 Å². The first kappa shape index (κ1) is 20.9. The van der Waals surface area contributed by atoms with Crippen LogP contribution in [0.1, 0.15) is 25.5 Å². The molecule has 0 spiro atoms. The topological polar surface area (TPSA) is 67.9 Å². The average Bonchev–Trinajstić information content (AvgIpc) is 2.71. The number of hydrogen-bond acceptors (Lipinski definition) is 5. The van der Waals surface area contributed by atoms with Crippen molar-refractivity contribution in [3.05, 3.63) is 53.1 Å². The molecular formula is C20H25ClN2O4S. The summed E-state index contributed by atoms with van der Waals surface area (Å²) in [6.45, 7) is 6.71. The summed E-state index contributed by atoms with van der Waals surface area (Å²) in [5.74, 6) is 1.00. The minimum Gasteiger partial charge on any atom is -0.486 e. The molecule has 0 saturated heterocycles. The van der Waals surface area contributed by atoms with Crippen LogP contribution in [0.15, 0.2) is 47.4 Å². The minimum atomic E-state index is -3.71. The number of rotatable bonds is 8. The summed E-state index contributed by atoms with van der Waals surface area (Å²) in [7, 11) is -3.71. The largest absolute Gasteiger partial charge is 0.486 e. The Hall–Kier alpha value is -1.80. The van der Waals surface area contributed by atoms with Crippen molar-refractivity contribution in [2.75, 3.05) is 32.8 Å². The molecule has 1 aliphatic rings. The highest BCUT2D eigenvalue weighted by Crippen LogP contribution is 2.32. The van der Waals surface area contributed by atoms with Crippen LogP contribution in [0, 0.1) is 0 Å². The Morgan fingerprint density at radius 3 is 2.43 bits per heavy atom. The quantitative estimate of drug-likeness (QED) is 0.702. The molecule has 8 heteroatoms. The normalized spacial score (nSPS) is 14.9. The van der Waals surface area contributed by atoms with Crippen molar-refractivity contribution in [1.82, 2.24) is 9.62 Å². The summed E-state index contributed by atoms with van der Waals surface area (Å²) in [5, 5.41) is 0.623. The summed E-state index contributed by atoms with van der Waals surface area (Å²) >= 11 is 6.39. The van der Waals surface area contributed by atoms with Gasteiger partial charge in [-0.1, -0.05) is 43.6 Å². The van der Waals surface area contributed by atoms with Gasteiger partial charge in [-0.2, -0.15) is 0 Å². The number of nitrogens with zero attached hydrogens (tertiary/aromatic N) is 1. The Kier molecular flexibility index (Phi) is 6.82. The number of nitrogens with one attached hydrogen (secondary N) is 1. The van der Waals surface area contributed by atoms with Gasteiger partial charge in [-0.05, 0) is 36.9 Å². The molecule has 28 heavy (non-hydrogen) atoms. The fraction of sp³-hybridized carbons (Fsp3) is 0.400. The average molecular weight is 425 g/mol. The van der Waals surface area contributed by atoms with Gasteiger partial charge in [-0.15, -0.1) is 0 Å². The van der Waals surface area contributed by atoms with E-state index in [4.69, 9.17) is 21.1 Å². The number of ether oxygens (including phenoxy) is 2. The Balaban J connectivity index is 1.83. The maximum absolute atomic E-state index is 12.9. The van der Waals surface area contributed by atoms with Crippen molar-refractivity contribution in [3.63, 3.8) is 0 Å². The van der Waals surface area contributed by atoms with Crippen molar-refractivity contribution >= 4 is 21.6 Å². The third kappa shape index (κ3) is 4.60. The van der Waals surface area contributed by atoms with Crippen molar-refractivity contribution in [2.45, 2.75) is 24.8 Å². The molecule has 1 N–H and O–H groups in total. The molecule has 0 amide bonds. The third-order valence-corrected chi connectivity index (χ3v) is 6.57. The Bertz CT molecular complexity index is 916. The summed E-state index contributed by atoms with van der Waals surface area (Å²) < 4.78 is 39.4. The third-order valence-electron chi connectivity index (χ3n) is 4.81. The number of fused-ring (bicyclic) bond motifs is 1. The number of benzene rings is 2. The predicted octanol–water partition coefficient (Wildman–Crippen LogP) is 3.47. The molecule has 152 valence electrons. The fourth-order valence-corrected chi connectivity index (χ4v) is 4.62. The number of hydrogen-bond donors (Lipinski definition) is 1. The van der Waals surface area contributed by atoms with Gasteiger partial charge in [0, 0.05) is 23.7 Å². The molecule has 0 aromatic heterocycles. The molecule has 0 fully saturated rings. The highest BCUT2D eigenvalue weighted by Gasteiger charge is 2.24. The molecule has 2 aromatic rings. The molecule has 1 aliphatic heterocycles. The monoisotopic (exact) mass is 424 g/mol. The van der Waals surface area contributed by atoms with E-state index in [0.29, 0.717) is 29.7 Å². The zero-order chi connectivity index (χ0) is 20.1. The maximum atomic E-state index is 12.9. The summed E-state index contributed by atoms with van der Waals surface area (Å²) in [6.07, 6.45) is 0. The second-order valence-corrected chi connectivity index (χ2v) is 8.59. The van der Waals surface area contributed by atoms with Gasteiger partial charge in [-0.25, -0.2) is 13.1 Å². The van der Waals surface area contributed by atoms with Crippen LogP contribution < -0.4 is 14.2 Å². The summed E-state index contributed by atoms with van der Waals surface area (Å²) in [6, 6.07) is 12.0. The van der Waals surface area contributed by atoms with Crippen LogP contribution in [0.3, 0.4) is 0 Å². The van der Waals surface area contributed by atoms with Crippen LogP contribution in [0.25, 0.3) is 0 Å². The molecule has 2 aromatic carbocycles. The van der Waals surface area contributed by atoms with Gasteiger partial charge in [0.15, 0.2) is 11.5 Å². The highest BCUT2D eigenvalue weighted by atomic mass is 35.5. The fourth-order valence-electron chi connectivity index (χ4n) is 3.31. The second-order valence-electron chi connectivity index (χ2n) is 6.42. The smallest absolute Gasteiger partial charge is 0.240 e.